The summed E-state index contributed by atoms with van der Waals surface area (Å²) >= 11 is 11.7. The number of carbonyl (C=O) groups excluding carboxylic acids is 1. The third-order valence-electron chi connectivity index (χ3n) is 3.59. The molecule has 0 unspecified atom stereocenters. The SMILES string of the molecule is CC1(C#N)CCN(C(=O)Nc2ccc(Cl)c(Cl)c2)CC1. The number of nitrogens with zero attached hydrogens (tertiary/aromatic N) is 2. The molecule has 4 nitrogen and oxygen atoms in total. The van der Waals surface area contributed by atoms with Crippen molar-refractivity contribution in [3.8, 4) is 6.07 Å². The molecule has 1 saturated heterocycles. The number of hydrogen-bond acceptors (Lipinski definition) is 2. The first-order valence-corrected chi connectivity index (χ1v) is 7.11. The highest BCUT2D eigenvalue weighted by Gasteiger charge is 2.31. The number of piperidine rings is 1. The van der Waals surface area contributed by atoms with Gasteiger partial charge in [0.05, 0.1) is 21.5 Å². The van der Waals surface area contributed by atoms with Crippen molar-refractivity contribution in [2.75, 3.05) is 18.4 Å². The molecule has 6 heteroatoms. The summed E-state index contributed by atoms with van der Waals surface area (Å²) in [5.74, 6) is 0. The Labute approximate surface area is 128 Å². The molecule has 2 rings (SSSR count). The fourth-order valence-electron chi connectivity index (χ4n) is 2.09. The molecular weight excluding hydrogens is 297 g/mol. The number of carbonyl (C=O) groups is 1. The first-order chi connectivity index (χ1) is 9.43. The first-order valence-electron chi connectivity index (χ1n) is 6.36. The summed E-state index contributed by atoms with van der Waals surface area (Å²) in [6.07, 6.45) is 1.39. The van der Waals surface area contributed by atoms with Gasteiger partial charge in [-0.25, -0.2) is 4.79 Å². The van der Waals surface area contributed by atoms with E-state index in [0.717, 1.165) is 0 Å². The van der Waals surface area contributed by atoms with Gasteiger partial charge in [-0.3, -0.25) is 0 Å². The highest BCUT2D eigenvalue weighted by molar-refractivity contribution is 6.42. The first kappa shape index (κ1) is 15.0. The number of halogens is 2. The topological polar surface area (TPSA) is 56.1 Å². The van der Waals surface area contributed by atoms with E-state index in [1.807, 2.05) is 6.92 Å². The summed E-state index contributed by atoms with van der Waals surface area (Å²) < 4.78 is 0. The standard InChI is InChI=1S/C14H15Cl2N3O/c1-14(9-17)4-6-19(7-5-14)13(20)18-10-2-3-11(15)12(16)8-10/h2-3,8H,4-7H2,1H3,(H,18,20). The molecule has 0 saturated carbocycles. The van der Waals surface area contributed by atoms with Crippen LogP contribution >= 0.6 is 23.2 Å². The van der Waals surface area contributed by atoms with Crippen LogP contribution in [0.25, 0.3) is 0 Å². The van der Waals surface area contributed by atoms with Crippen LogP contribution in [0.1, 0.15) is 19.8 Å². The van der Waals surface area contributed by atoms with Gasteiger partial charge >= 0.3 is 6.03 Å². The molecule has 0 radical (unpaired) electrons. The van der Waals surface area contributed by atoms with E-state index in [1.165, 1.54) is 0 Å². The Hall–Kier alpha value is -1.44. The molecule has 0 aliphatic carbocycles. The number of amides is 2. The molecule has 1 aromatic carbocycles. The number of benzene rings is 1. The molecule has 1 heterocycles. The number of likely N-dealkylation sites (tertiary alicyclic amines) is 1. The van der Waals surface area contributed by atoms with E-state index in [-0.39, 0.29) is 11.4 Å². The van der Waals surface area contributed by atoms with Crippen LogP contribution in [-0.4, -0.2) is 24.0 Å². The maximum atomic E-state index is 12.1. The minimum absolute atomic E-state index is 0.177. The van der Waals surface area contributed by atoms with E-state index >= 15 is 0 Å². The lowest BCUT2D eigenvalue weighted by Crippen LogP contribution is -2.43. The summed E-state index contributed by atoms with van der Waals surface area (Å²) in [4.78, 5) is 13.8. The lowest BCUT2D eigenvalue weighted by molar-refractivity contribution is 0.166. The van der Waals surface area contributed by atoms with Crippen molar-refractivity contribution in [3.63, 3.8) is 0 Å². The second-order valence-corrected chi connectivity index (χ2v) is 6.03. The summed E-state index contributed by atoms with van der Waals surface area (Å²) in [5.41, 5.74) is 0.290. The molecule has 20 heavy (non-hydrogen) atoms. The van der Waals surface area contributed by atoms with Crippen molar-refractivity contribution in [1.29, 1.82) is 5.26 Å². The van der Waals surface area contributed by atoms with Crippen molar-refractivity contribution in [1.82, 2.24) is 4.90 Å². The van der Waals surface area contributed by atoms with E-state index in [4.69, 9.17) is 28.5 Å². The summed E-state index contributed by atoms with van der Waals surface area (Å²) in [5, 5.41) is 12.7. The van der Waals surface area contributed by atoms with Crippen molar-refractivity contribution in [3.05, 3.63) is 28.2 Å². The number of rotatable bonds is 1. The van der Waals surface area contributed by atoms with Crippen LogP contribution in [0, 0.1) is 16.7 Å². The summed E-state index contributed by atoms with van der Waals surface area (Å²) in [6.45, 7) is 3.09. The largest absolute Gasteiger partial charge is 0.324 e. The molecule has 0 bridgehead atoms. The average Bonchev–Trinajstić information content (AvgIpc) is 2.43. The zero-order chi connectivity index (χ0) is 14.8. The third-order valence-corrected chi connectivity index (χ3v) is 4.33. The predicted octanol–water partition coefficient (Wildman–Crippen LogP) is 4.15. The Balaban J connectivity index is 1.96. The van der Waals surface area contributed by atoms with Crippen molar-refractivity contribution in [2.24, 2.45) is 5.41 Å². The molecular formula is C14H15Cl2N3O. The Morgan fingerprint density at radius 2 is 2.00 bits per heavy atom. The van der Waals surface area contributed by atoms with Gasteiger partial charge in [-0.05, 0) is 38.0 Å². The Kier molecular flexibility index (Phi) is 4.42. The molecule has 0 spiro atoms. The van der Waals surface area contributed by atoms with Crippen LogP contribution in [0.5, 0.6) is 0 Å². The molecule has 1 fully saturated rings. The average molecular weight is 312 g/mol. The minimum Gasteiger partial charge on any atom is -0.324 e. The molecule has 2 amide bonds. The Bertz CT molecular complexity index is 560. The van der Waals surface area contributed by atoms with Crippen LogP contribution in [0.15, 0.2) is 18.2 Å². The molecule has 106 valence electrons. The summed E-state index contributed by atoms with van der Waals surface area (Å²) in [6, 6.07) is 7.10. The van der Waals surface area contributed by atoms with E-state index < -0.39 is 0 Å². The van der Waals surface area contributed by atoms with Gasteiger partial charge in [0.25, 0.3) is 0 Å². The van der Waals surface area contributed by atoms with Gasteiger partial charge in [0.2, 0.25) is 0 Å². The lowest BCUT2D eigenvalue weighted by Gasteiger charge is -2.34. The van der Waals surface area contributed by atoms with Gasteiger partial charge in [-0.2, -0.15) is 5.26 Å². The fraction of sp³-hybridized carbons (Fsp3) is 0.429. The number of urea groups is 1. The summed E-state index contributed by atoms with van der Waals surface area (Å²) in [7, 11) is 0. The van der Waals surface area contributed by atoms with Gasteiger partial charge in [-0.1, -0.05) is 23.2 Å². The van der Waals surface area contributed by atoms with Crippen molar-refractivity contribution < 1.29 is 4.79 Å². The molecule has 0 atom stereocenters. The van der Waals surface area contributed by atoms with Gasteiger partial charge in [0.15, 0.2) is 0 Å². The van der Waals surface area contributed by atoms with Crippen LogP contribution in [0.3, 0.4) is 0 Å². The van der Waals surface area contributed by atoms with Gasteiger partial charge in [-0.15, -0.1) is 0 Å². The molecule has 1 aliphatic rings. The third kappa shape index (κ3) is 3.36. The highest BCUT2D eigenvalue weighted by Crippen LogP contribution is 2.30. The maximum Gasteiger partial charge on any atom is 0.321 e. The van der Waals surface area contributed by atoms with Crippen LogP contribution in [-0.2, 0) is 0 Å². The number of hydrogen-bond donors (Lipinski definition) is 1. The Morgan fingerprint density at radius 3 is 2.55 bits per heavy atom. The van der Waals surface area contributed by atoms with Gasteiger partial charge in [0, 0.05) is 18.8 Å². The molecule has 1 aliphatic heterocycles. The maximum absolute atomic E-state index is 12.1. The lowest BCUT2D eigenvalue weighted by atomic mass is 9.82. The van der Waals surface area contributed by atoms with Crippen LogP contribution in [0.4, 0.5) is 10.5 Å². The van der Waals surface area contributed by atoms with E-state index in [9.17, 15) is 4.79 Å². The smallest absolute Gasteiger partial charge is 0.321 e. The molecule has 1 aromatic rings. The van der Waals surface area contributed by atoms with Crippen LogP contribution in [0.2, 0.25) is 10.0 Å². The zero-order valence-corrected chi connectivity index (χ0v) is 12.6. The highest BCUT2D eigenvalue weighted by atomic mass is 35.5. The zero-order valence-electron chi connectivity index (χ0n) is 11.1. The van der Waals surface area contributed by atoms with E-state index in [1.54, 1.807) is 23.1 Å². The molecule has 1 N–H and O–H groups in total. The van der Waals surface area contributed by atoms with E-state index in [2.05, 4.69) is 11.4 Å². The van der Waals surface area contributed by atoms with E-state index in [0.29, 0.717) is 41.7 Å². The van der Waals surface area contributed by atoms with Crippen molar-refractivity contribution >= 4 is 34.9 Å². The van der Waals surface area contributed by atoms with Crippen LogP contribution < -0.4 is 5.32 Å². The number of anilines is 1. The monoisotopic (exact) mass is 311 g/mol. The second kappa shape index (κ2) is 5.90. The molecule has 0 aromatic heterocycles. The van der Waals surface area contributed by atoms with Gasteiger partial charge < -0.3 is 10.2 Å². The number of nitriles is 1. The quantitative estimate of drug-likeness (QED) is 0.847. The minimum atomic E-state index is -0.319. The number of nitrogens with one attached hydrogen (secondary N) is 1. The Morgan fingerprint density at radius 1 is 1.35 bits per heavy atom. The second-order valence-electron chi connectivity index (χ2n) is 5.22. The normalized spacial score (nSPS) is 17.4. The van der Waals surface area contributed by atoms with Crippen molar-refractivity contribution in [2.45, 2.75) is 19.8 Å². The fourth-order valence-corrected chi connectivity index (χ4v) is 2.39. The predicted molar refractivity (Wildman–Crippen MR) is 80.0 cm³/mol. The van der Waals surface area contributed by atoms with Gasteiger partial charge in [0.1, 0.15) is 0 Å².